The second-order valence-corrected chi connectivity index (χ2v) is 6.87. The van der Waals surface area contributed by atoms with Crippen LogP contribution in [0.1, 0.15) is 16.7 Å². The first-order valence-corrected chi connectivity index (χ1v) is 9.84. The molecule has 6 nitrogen and oxygen atoms in total. The number of ether oxygens (including phenoxy) is 1. The van der Waals surface area contributed by atoms with Crippen LogP contribution < -0.4 is 20.7 Å². The first-order valence-electron chi connectivity index (χ1n) is 9.84. The quantitative estimate of drug-likeness (QED) is 0.360. The van der Waals surface area contributed by atoms with Crippen molar-refractivity contribution in [2.45, 2.75) is 19.3 Å². The molecule has 1 heterocycles. The Hall–Kier alpha value is -3.09. The Morgan fingerprint density at radius 2 is 1.90 bits per heavy atom. The van der Waals surface area contributed by atoms with Crippen molar-refractivity contribution in [3.63, 3.8) is 0 Å². The predicted octanol–water partition coefficient (Wildman–Crippen LogP) is 1.83. The summed E-state index contributed by atoms with van der Waals surface area (Å²) < 4.78 is 18.7. The number of halogens is 1. The molecule has 1 amide bonds. The third-order valence-electron chi connectivity index (χ3n) is 4.68. The van der Waals surface area contributed by atoms with Crippen LogP contribution in [0, 0.1) is 5.82 Å². The fourth-order valence-corrected chi connectivity index (χ4v) is 3.22. The van der Waals surface area contributed by atoms with Crippen LogP contribution in [0.25, 0.3) is 0 Å². The number of amides is 1. The number of rotatable bonds is 8. The Kier molecular flexibility index (Phi) is 7.44. The lowest BCUT2D eigenvalue weighted by atomic mass is 10.1. The maximum Gasteiger partial charge on any atom is 0.224 e. The van der Waals surface area contributed by atoms with Crippen molar-refractivity contribution in [3.05, 3.63) is 65.0 Å². The van der Waals surface area contributed by atoms with E-state index in [0.717, 1.165) is 31.7 Å². The molecule has 0 saturated carbocycles. The fraction of sp³-hybridized carbons (Fsp3) is 0.364. The van der Waals surface area contributed by atoms with Crippen LogP contribution in [0.3, 0.4) is 0 Å². The monoisotopic (exact) mass is 398 g/mol. The number of guanidine groups is 1. The molecule has 7 heteroatoms. The van der Waals surface area contributed by atoms with E-state index in [0.29, 0.717) is 24.6 Å². The SMILES string of the molecule is CN=C(NCCNC(=O)Cc1cccc(F)c1)NCCc1ccc2c(c1)CCO2. The minimum atomic E-state index is -0.333. The van der Waals surface area contributed by atoms with E-state index in [2.05, 4.69) is 33.1 Å². The summed E-state index contributed by atoms with van der Waals surface area (Å²) in [4.78, 5) is 16.1. The standard InChI is InChI=1S/C22H27FN4O2/c1-24-22(26-9-7-16-5-6-20-18(13-16)8-12-29-20)27-11-10-25-21(28)15-17-3-2-4-19(23)14-17/h2-6,13-14H,7-12,15H2,1H3,(H,25,28)(H2,24,26,27). The highest BCUT2D eigenvalue weighted by atomic mass is 19.1. The normalized spacial score (nSPS) is 12.8. The smallest absolute Gasteiger partial charge is 0.224 e. The number of carbonyl (C=O) groups excluding carboxylic acids is 1. The van der Waals surface area contributed by atoms with Crippen molar-refractivity contribution in [3.8, 4) is 5.75 Å². The summed E-state index contributed by atoms with van der Waals surface area (Å²) in [5.74, 6) is 1.22. The van der Waals surface area contributed by atoms with Crippen molar-refractivity contribution in [1.82, 2.24) is 16.0 Å². The van der Waals surface area contributed by atoms with Gasteiger partial charge in [-0.25, -0.2) is 4.39 Å². The lowest BCUT2D eigenvalue weighted by Crippen LogP contribution is -2.42. The summed E-state index contributed by atoms with van der Waals surface area (Å²) in [5.41, 5.74) is 3.20. The van der Waals surface area contributed by atoms with Gasteiger partial charge in [-0.2, -0.15) is 0 Å². The van der Waals surface area contributed by atoms with Crippen molar-refractivity contribution in [2.75, 3.05) is 33.3 Å². The highest BCUT2D eigenvalue weighted by Crippen LogP contribution is 2.25. The molecule has 0 bridgehead atoms. The number of hydrogen-bond acceptors (Lipinski definition) is 3. The number of aliphatic imine (C=N–C) groups is 1. The molecule has 0 fully saturated rings. The third kappa shape index (κ3) is 6.48. The molecule has 0 radical (unpaired) electrons. The topological polar surface area (TPSA) is 74.8 Å². The van der Waals surface area contributed by atoms with Gasteiger partial charge in [-0.1, -0.05) is 24.3 Å². The van der Waals surface area contributed by atoms with Crippen LogP contribution in [0.15, 0.2) is 47.5 Å². The molecule has 0 aromatic heterocycles. The van der Waals surface area contributed by atoms with Crippen LogP contribution in [-0.2, 0) is 24.1 Å². The van der Waals surface area contributed by atoms with Gasteiger partial charge in [0.1, 0.15) is 11.6 Å². The molecular weight excluding hydrogens is 371 g/mol. The second-order valence-electron chi connectivity index (χ2n) is 6.87. The minimum absolute atomic E-state index is 0.138. The summed E-state index contributed by atoms with van der Waals surface area (Å²) in [5, 5.41) is 9.26. The second kappa shape index (κ2) is 10.5. The Labute approximate surface area is 170 Å². The highest BCUT2D eigenvalue weighted by molar-refractivity contribution is 5.80. The van der Waals surface area contributed by atoms with Gasteiger partial charge < -0.3 is 20.7 Å². The molecule has 154 valence electrons. The number of hydrogen-bond donors (Lipinski definition) is 3. The van der Waals surface area contributed by atoms with Crippen molar-refractivity contribution >= 4 is 11.9 Å². The van der Waals surface area contributed by atoms with Crippen LogP contribution in [0.4, 0.5) is 4.39 Å². The number of nitrogens with one attached hydrogen (secondary N) is 3. The van der Waals surface area contributed by atoms with Crippen LogP contribution in [-0.4, -0.2) is 45.2 Å². The van der Waals surface area contributed by atoms with E-state index in [1.807, 2.05) is 6.07 Å². The molecule has 1 aliphatic heterocycles. The summed E-state index contributed by atoms with van der Waals surface area (Å²) in [7, 11) is 1.71. The zero-order valence-corrected chi connectivity index (χ0v) is 16.6. The maximum atomic E-state index is 13.2. The van der Waals surface area contributed by atoms with Gasteiger partial charge in [-0.3, -0.25) is 9.79 Å². The molecule has 3 N–H and O–H groups in total. The molecule has 2 aromatic rings. The van der Waals surface area contributed by atoms with E-state index in [-0.39, 0.29) is 18.1 Å². The highest BCUT2D eigenvalue weighted by Gasteiger charge is 2.11. The molecule has 0 saturated heterocycles. The summed E-state index contributed by atoms with van der Waals surface area (Å²) in [6.07, 6.45) is 2.03. The van der Waals surface area contributed by atoms with Gasteiger partial charge in [0.15, 0.2) is 5.96 Å². The van der Waals surface area contributed by atoms with Gasteiger partial charge >= 0.3 is 0 Å². The van der Waals surface area contributed by atoms with Gasteiger partial charge in [0.2, 0.25) is 5.91 Å². The van der Waals surface area contributed by atoms with Crippen molar-refractivity contribution in [2.24, 2.45) is 4.99 Å². The Morgan fingerprint density at radius 1 is 1.07 bits per heavy atom. The van der Waals surface area contributed by atoms with Gasteiger partial charge in [-0.05, 0) is 41.3 Å². The lowest BCUT2D eigenvalue weighted by Gasteiger charge is -2.13. The summed E-state index contributed by atoms with van der Waals surface area (Å²) in [6, 6.07) is 12.4. The Bertz CT molecular complexity index is 870. The van der Waals surface area contributed by atoms with Gasteiger partial charge in [0.25, 0.3) is 0 Å². The number of nitrogens with zero attached hydrogens (tertiary/aromatic N) is 1. The largest absolute Gasteiger partial charge is 0.493 e. The van der Waals surface area contributed by atoms with E-state index >= 15 is 0 Å². The maximum absolute atomic E-state index is 13.2. The van der Waals surface area contributed by atoms with Gasteiger partial charge in [-0.15, -0.1) is 0 Å². The van der Waals surface area contributed by atoms with Crippen molar-refractivity contribution in [1.29, 1.82) is 0 Å². The van der Waals surface area contributed by atoms with Gasteiger partial charge in [0.05, 0.1) is 13.0 Å². The average molecular weight is 398 g/mol. The molecule has 0 atom stereocenters. The summed E-state index contributed by atoms with van der Waals surface area (Å²) in [6.45, 7) is 2.53. The Balaban J connectivity index is 1.31. The molecule has 3 rings (SSSR count). The van der Waals surface area contributed by atoms with E-state index in [1.165, 1.54) is 23.3 Å². The molecule has 0 spiro atoms. The van der Waals surface area contributed by atoms with E-state index < -0.39 is 0 Å². The lowest BCUT2D eigenvalue weighted by molar-refractivity contribution is -0.120. The zero-order chi connectivity index (χ0) is 20.5. The molecule has 29 heavy (non-hydrogen) atoms. The molecule has 0 unspecified atom stereocenters. The first kappa shape index (κ1) is 20.6. The van der Waals surface area contributed by atoms with Crippen LogP contribution >= 0.6 is 0 Å². The van der Waals surface area contributed by atoms with Crippen LogP contribution in [0.2, 0.25) is 0 Å². The Morgan fingerprint density at radius 3 is 2.72 bits per heavy atom. The van der Waals surface area contributed by atoms with Crippen molar-refractivity contribution < 1.29 is 13.9 Å². The van der Waals surface area contributed by atoms with Gasteiger partial charge in [0, 0.05) is 33.1 Å². The fourth-order valence-electron chi connectivity index (χ4n) is 3.22. The molecule has 0 aliphatic carbocycles. The number of fused-ring (bicyclic) bond motifs is 1. The number of benzene rings is 2. The zero-order valence-electron chi connectivity index (χ0n) is 16.6. The predicted molar refractivity (Wildman–Crippen MR) is 112 cm³/mol. The van der Waals surface area contributed by atoms with E-state index in [4.69, 9.17) is 4.74 Å². The van der Waals surface area contributed by atoms with Crippen LogP contribution in [0.5, 0.6) is 5.75 Å². The summed E-state index contributed by atoms with van der Waals surface area (Å²) >= 11 is 0. The number of carbonyl (C=O) groups is 1. The third-order valence-corrected chi connectivity index (χ3v) is 4.68. The average Bonchev–Trinajstić information content (AvgIpc) is 3.17. The van der Waals surface area contributed by atoms with E-state index in [9.17, 15) is 9.18 Å². The van der Waals surface area contributed by atoms with E-state index in [1.54, 1.807) is 19.2 Å². The molecular formula is C22H27FN4O2. The first-order chi connectivity index (χ1) is 14.1. The molecule has 1 aliphatic rings. The molecule has 2 aromatic carbocycles. The minimum Gasteiger partial charge on any atom is -0.493 e.